The lowest BCUT2D eigenvalue weighted by Gasteiger charge is -1.91. The molecule has 0 aromatic carbocycles. The van der Waals surface area contributed by atoms with Crippen LogP contribution in [0.3, 0.4) is 0 Å². The molecule has 3 heterocycles. The van der Waals surface area contributed by atoms with Crippen molar-refractivity contribution in [1.82, 2.24) is 10.2 Å². The van der Waals surface area contributed by atoms with Gasteiger partial charge in [-0.25, -0.2) is 0 Å². The van der Waals surface area contributed by atoms with Gasteiger partial charge >= 0.3 is 0 Å². The zero-order valence-corrected chi connectivity index (χ0v) is 12.0. The van der Waals surface area contributed by atoms with Gasteiger partial charge in [-0.15, -0.1) is 10.2 Å². The van der Waals surface area contributed by atoms with Gasteiger partial charge in [-0.2, -0.15) is 23.5 Å². The maximum atomic E-state index is 4.21. The minimum absolute atomic E-state index is 0.887. The first-order valence-electron chi connectivity index (χ1n) is 4.72. The van der Waals surface area contributed by atoms with Gasteiger partial charge in [-0.3, -0.25) is 0 Å². The van der Waals surface area contributed by atoms with Crippen molar-refractivity contribution in [1.29, 1.82) is 0 Å². The number of rotatable bonds is 6. The van der Waals surface area contributed by atoms with Crippen LogP contribution in [0.4, 0.5) is 0 Å². The number of nitrogens with zero attached hydrogens (tertiary/aromatic N) is 2. The van der Waals surface area contributed by atoms with Crippen LogP contribution >= 0.6 is 58.4 Å². The Morgan fingerprint density at radius 2 is 1.47 bits per heavy atom. The SMILES string of the molecule is C(Sc1nnc(SCC2CS2)s1)C1CS1. The third-order valence-corrected chi connectivity index (χ3v) is 7.86. The predicted octanol–water partition coefficient (Wildman–Crippen LogP) is 2.95. The van der Waals surface area contributed by atoms with Crippen LogP contribution in [0.2, 0.25) is 0 Å². The van der Waals surface area contributed by atoms with E-state index in [0.29, 0.717) is 0 Å². The Morgan fingerprint density at radius 3 is 1.87 bits per heavy atom. The molecule has 0 saturated carbocycles. The molecular formula is C8H10N2S5. The topological polar surface area (TPSA) is 25.8 Å². The Morgan fingerprint density at radius 1 is 1.00 bits per heavy atom. The van der Waals surface area contributed by atoms with Crippen molar-refractivity contribution in [3.63, 3.8) is 0 Å². The van der Waals surface area contributed by atoms with Gasteiger partial charge in [-0.05, 0) is 0 Å². The zero-order valence-electron chi connectivity index (χ0n) is 7.92. The largest absolute Gasteiger partial charge is 0.175 e. The molecule has 0 spiro atoms. The zero-order chi connectivity index (χ0) is 10.1. The van der Waals surface area contributed by atoms with Gasteiger partial charge in [0.15, 0.2) is 8.68 Å². The fourth-order valence-corrected chi connectivity index (χ4v) is 5.87. The summed E-state index contributed by atoms with van der Waals surface area (Å²) in [5.41, 5.74) is 0. The Kier molecular flexibility index (Phi) is 3.75. The van der Waals surface area contributed by atoms with Gasteiger partial charge in [0.2, 0.25) is 0 Å². The molecule has 7 heteroatoms. The molecule has 0 aliphatic carbocycles. The van der Waals surface area contributed by atoms with Crippen molar-refractivity contribution in [3.05, 3.63) is 0 Å². The Balaban J connectivity index is 1.45. The maximum Gasteiger partial charge on any atom is 0.175 e. The van der Waals surface area contributed by atoms with Gasteiger partial charge in [0.25, 0.3) is 0 Å². The average molecular weight is 295 g/mol. The lowest BCUT2D eigenvalue weighted by Crippen LogP contribution is -1.86. The van der Waals surface area contributed by atoms with Gasteiger partial charge in [0.1, 0.15) is 0 Å². The van der Waals surface area contributed by atoms with E-state index in [4.69, 9.17) is 0 Å². The molecule has 0 bridgehead atoms. The van der Waals surface area contributed by atoms with E-state index in [2.05, 4.69) is 10.2 Å². The minimum Gasteiger partial charge on any atom is -0.156 e. The van der Waals surface area contributed by atoms with E-state index in [1.165, 1.54) is 23.0 Å². The first-order chi connectivity index (χ1) is 7.40. The standard InChI is InChI=1S/C8H10N2S5/c1-5(11-1)3-13-7-9-10-8(15-7)14-4-6-2-12-6/h5-6H,1-4H2. The lowest BCUT2D eigenvalue weighted by molar-refractivity contribution is 0.954. The molecule has 2 saturated heterocycles. The third kappa shape index (κ3) is 3.73. The van der Waals surface area contributed by atoms with Crippen LogP contribution in [0, 0.1) is 0 Å². The van der Waals surface area contributed by atoms with E-state index in [1.807, 2.05) is 47.0 Å². The van der Waals surface area contributed by atoms with E-state index < -0.39 is 0 Å². The summed E-state index contributed by atoms with van der Waals surface area (Å²) < 4.78 is 2.29. The number of aromatic nitrogens is 2. The molecule has 2 atom stereocenters. The summed E-state index contributed by atoms with van der Waals surface area (Å²) in [6.07, 6.45) is 0. The van der Waals surface area contributed by atoms with E-state index in [9.17, 15) is 0 Å². The third-order valence-electron chi connectivity index (χ3n) is 1.98. The van der Waals surface area contributed by atoms with Crippen molar-refractivity contribution >= 4 is 58.4 Å². The fourth-order valence-electron chi connectivity index (χ4n) is 0.971. The molecule has 3 rings (SSSR count). The van der Waals surface area contributed by atoms with Crippen molar-refractivity contribution in [2.45, 2.75) is 19.2 Å². The van der Waals surface area contributed by atoms with Gasteiger partial charge < -0.3 is 0 Å². The highest BCUT2D eigenvalue weighted by Crippen LogP contribution is 2.39. The fraction of sp³-hybridized carbons (Fsp3) is 0.750. The molecule has 2 fully saturated rings. The molecule has 2 aliphatic rings. The normalized spacial score (nSPS) is 28.0. The number of hydrogen-bond acceptors (Lipinski definition) is 7. The lowest BCUT2D eigenvalue weighted by atomic mass is 10.6. The number of hydrogen-bond donors (Lipinski definition) is 0. The summed E-state index contributed by atoms with van der Waals surface area (Å²) in [5, 5.41) is 10.2. The van der Waals surface area contributed by atoms with Crippen LogP contribution in [0.5, 0.6) is 0 Å². The van der Waals surface area contributed by atoms with Crippen LogP contribution < -0.4 is 0 Å². The second-order valence-corrected chi connectivity index (χ2v) is 9.55. The molecule has 0 amide bonds. The molecule has 0 radical (unpaired) electrons. The maximum absolute atomic E-state index is 4.21. The van der Waals surface area contributed by atoms with Gasteiger partial charge in [0, 0.05) is 33.5 Å². The molecule has 2 unspecified atom stereocenters. The minimum atomic E-state index is 0.887. The van der Waals surface area contributed by atoms with Crippen molar-refractivity contribution < 1.29 is 0 Å². The number of thioether (sulfide) groups is 4. The van der Waals surface area contributed by atoms with Crippen LogP contribution in [0.1, 0.15) is 0 Å². The van der Waals surface area contributed by atoms with E-state index >= 15 is 0 Å². The molecule has 15 heavy (non-hydrogen) atoms. The van der Waals surface area contributed by atoms with Crippen molar-refractivity contribution in [2.24, 2.45) is 0 Å². The second kappa shape index (κ2) is 5.08. The van der Waals surface area contributed by atoms with Crippen LogP contribution in [-0.4, -0.2) is 43.7 Å². The highest BCUT2D eigenvalue weighted by Gasteiger charge is 2.24. The Labute approximate surface area is 110 Å². The summed E-state index contributed by atoms with van der Waals surface area (Å²) in [6, 6.07) is 0. The summed E-state index contributed by atoms with van der Waals surface area (Å²) in [6.45, 7) is 0. The van der Waals surface area contributed by atoms with Crippen LogP contribution in [-0.2, 0) is 0 Å². The second-order valence-electron chi connectivity index (χ2n) is 3.37. The van der Waals surface area contributed by atoms with E-state index in [-0.39, 0.29) is 0 Å². The van der Waals surface area contributed by atoms with Crippen molar-refractivity contribution in [3.8, 4) is 0 Å². The van der Waals surface area contributed by atoms with E-state index in [1.54, 1.807) is 11.3 Å². The van der Waals surface area contributed by atoms with Crippen molar-refractivity contribution in [2.75, 3.05) is 23.0 Å². The first-order valence-corrected chi connectivity index (χ1v) is 9.61. The first kappa shape index (κ1) is 11.1. The Hall–Kier alpha value is 0.960. The summed E-state index contributed by atoms with van der Waals surface area (Å²) in [7, 11) is 0. The highest BCUT2D eigenvalue weighted by atomic mass is 32.2. The smallest absolute Gasteiger partial charge is 0.156 e. The molecular weight excluding hydrogens is 284 g/mol. The molecule has 2 nitrogen and oxygen atoms in total. The molecule has 1 aromatic rings. The summed E-state index contributed by atoms with van der Waals surface area (Å²) >= 11 is 9.58. The average Bonchev–Trinajstić information content (AvgIpc) is 3.14. The van der Waals surface area contributed by atoms with Crippen LogP contribution in [0.15, 0.2) is 8.68 Å². The molecule has 2 aliphatic heterocycles. The molecule has 1 aromatic heterocycles. The molecule has 82 valence electrons. The Bertz CT molecular complexity index is 303. The van der Waals surface area contributed by atoms with Crippen LogP contribution in [0.25, 0.3) is 0 Å². The predicted molar refractivity (Wildman–Crippen MR) is 73.8 cm³/mol. The highest BCUT2D eigenvalue weighted by molar-refractivity contribution is 8.10. The molecule has 0 N–H and O–H groups in total. The summed E-state index contributed by atoms with van der Waals surface area (Å²) in [4.78, 5) is 0. The van der Waals surface area contributed by atoms with E-state index in [0.717, 1.165) is 19.2 Å². The quantitative estimate of drug-likeness (QED) is 0.591. The van der Waals surface area contributed by atoms with Gasteiger partial charge in [0.05, 0.1) is 0 Å². The van der Waals surface area contributed by atoms with Gasteiger partial charge in [-0.1, -0.05) is 34.9 Å². The monoisotopic (exact) mass is 294 g/mol. The summed E-state index contributed by atoms with van der Waals surface area (Å²) in [5.74, 6) is 5.10.